The van der Waals surface area contributed by atoms with Crippen molar-refractivity contribution < 1.29 is 4.74 Å². The number of nitrogens with zero attached hydrogens (tertiary/aromatic N) is 1. The average Bonchev–Trinajstić information content (AvgIpc) is 2.50. The summed E-state index contributed by atoms with van der Waals surface area (Å²) in [7, 11) is 0. The van der Waals surface area contributed by atoms with Crippen molar-refractivity contribution in [2.24, 2.45) is 11.8 Å². The smallest absolute Gasteiger partial charge is 0.170 e. The largest absolute Gasteiger partial charge is 0.491 e. The summed E-state index contributed by atoms with van der Waals surface area (Å²) in [5.74, 6) is 2.50. The summed E-state index contributed by atoms with van der Waals surface area (Å²) in [6.45, 7) is 13.3. The third-order valence-corrected chi connectivity index (χ3v) is 4.59. The monoisotopic (exact) mass is 363 g/mol. The van der Waals surface area contributed by atoms with Gasteiger partial charge in [0.2, 0.25) is 0 Å². The maximum Gasteiger partial charge on any atom is 0.170 e. The Morgan fingerprint density at radius 1 is 1.28 bits per heavy atom. The zero-order valence-electron chi connectivity index (χ0n) is 16.0. The molecule has 0 aliphatic carbocycles. The summed E-state index contributed by atoms with van der Waals surface area (Å²) in [5.41, 5.74) is 0.953. The van der Waals surface area contributed by atoms with Gasteiger partial charge in [0.25, 0.3) is 0 Å². The van der Waals surface area contributed by atoms with E-state index in [0.29, 0.717) is 5.11 Å². The normalized spacial score (nSPS) is 21.2. The van der Waals surface area contributed by atoms with Crippen LogP contribution in [0.15, 0.2) is 24.3 Å². The molecule has 1 fully saturated rings. The first-order valence-corrected chi connectivity index (χ1v) is 9.87. The zero-order valence-corrected chi connectivity index (χ0v) is 16.9. The molecule has 0 amide bonds. The van der Waals surface area contributed by atoms with Gasteiger partial charge >= 0.3 is 0 Å². The first kappa shape index (κ1) is 20.0. The van der Waals surface area contributed by atoms with Gasteiger partial charge in [-0.1, -0.05) is 19.9 Å². The number of piperidine rings is 1. The Bertz CT molecular complexity index is 539. The van der Waals surface area contributed by atoms with Crippen molar-refractivity contribution in [1.82, 2.24) is 10.2 Å². The molecule has 1 aliphatic heterocycles. The Kier molecular flexibility index (Phi) is 7.97. The van der Waals surface area contributed by atoms with Crippen LogP contribution in [0.3, 0.4) is 0 Å². The zero-order chi connectivity index (χ0) is 18.2. The number of thiocarbonyl (C=S) groups is 1. The number of benzene rings is 1. The van der Waals surface area contributed by atoms with E-state index in [1.807, 2.05) is 38.1 Å². The topological polar surface area (TPSA) is 36.5 Å². The SMILES string of the molecule is CC1CC(C)CN(CCCNC(=S)Nc2cccc(OC(C)C)c2)C1. The van der Waals surface area contributed by atoms with Gasteiger partial charge in [-0.25, -0.2) is 0 Å². The van der Waals surface area contributed by atoms with Gasteiger partial charge in [0.05, 0.1) is 6.10 Å². The lowest BCUT2D eigenvalue weighted by molar-refractivity contribution is 0.140. The molecule has 1 saturated heterocycles. The van der Waals surface area contributed by atoms with Crippen molar-refractivity contribution in [3.8, 4) is 5.75 Å². The molecule has 25 heavy (non-hydrogen) atoms. The van der Waals surface area contributed by atoms with Gasteiger partial charge in [-0.2, -0.15) is 0 Å². The van der Waals surface area contributed by atoms with E-state index in [9.17, 15) is 0 Å². The van der Waals surface area contributed by atoms with Gasteiger partial charge in [-0.15, -0.1) is 0 Å². The van der Waals surface area contributed by atoms with Crippen molar-refractivity contribution >= 4 is 23.0 Å². The molecule has 0 aromatic heterocycles. The predicted octanol–water partition coefficient (Wildman–Crippen LogP) is 4.13. The van der Waals surface area contributed by atoms with E-state index in [2.05, 4.69) is 29.4 Å². The van der Waals surface area contributed by atoms with E-state index in [0.717, 1.165) is 42.8 Å². The molecular formula is C20H33N3OS. The molecule has 2 rings (SSSR count). The van der Waals surface area contributed by atoms with E-state index >= 15 is 0 Å². The van der Waals surface area contributed by atoms with Crippen molar-refractivity contribution in [2.75, 3.05) is 31.5 Å². The van der Waals surface area contributed by atoms with Crippen LogP contribution in [0, 0.1) is 11.8 Å². The molecule has 1 heterocycles. The van der Waals surface area contributed by atoms with Gasteiger partial charge in [0.15, 0.2) is 5.11 Å². The molecule has 140 valence electrons. The number of nitrogens with one attached hydrogen (secondary N) is 2. The van der Waals surface area contributed by atoms with Gasteiger partial charge < -0.3 is 20.3 Å². The second-order valence-electron chi connectivity index (χ2n) is 7.63. The van der Waals surface area contributed by atoms with Crippen LogP contribution in [0.1, 0.15) is 40.5 Å². The van der Waals surface area contributed by atoms with Crippen LogP contribution in [-0.2, 0) is 0 Å². The molecule has 5 heteroatoms. The fourth-order valence-electron chi connectivity index (χ4n) is 3.57. The summed E-state index contributed by atoms with van der Waals surface area (Å²) in [4.78, 5) is 2.59. The molecule has 0 bridgehead atoms. The highest BCUT2D eigenvalue weighted by molar-refractivity contribution is 7.80. The van der Waals surface area contributed by atoms with E-state index in [1.54, 1.807) is 0 Å². The molecule has 4 nitrogen and oxygen atoms in total. The van der Waals surface area contributed by atoms with Crippen LogP contribution < -0.4 is 15.4 Å². The quantitative estimate of drug-likeness (QED) is 0.563. The number of likely N-dealkylation sites (tertiary alicyclic amines) is 1. The third-order valence-electron chi connectivity index (χ3n) is 4.34. The second kappa shape index (κ2) is 9.97. The van der Waals surface area contributed by atoms with Crippen molar-refractivity contribution in [1.29, 1.82) is 0 Å². The Morgan fingerprint density at radius 3 is 2.68 bits per heavy atom. The number of hydrogen-bond acceptors (Lipinski definition) is 3. The molecule has 0 spiro atoms. The van der Waals surface area contributed by atoms with Crippen LogP contribution in [0.25, 0.3) is 0 Å². The van der Waals surface area contributed by atoms with Gasteiger partial charge in [-0.3, -0.25) is 0 Å². The van der Waals surface area contributed by atoms with E-state index in [4.69, 9.17) is 17.0 Å². The highest BCUT2D eigenvalue weighted by atomic mass is 32.1. The van der Waals surface area contributed by atoms with Gasteiger partial charge in [0.1, 0.15) is 5.75 Å². The standard InChI is InChI=1S/C20H33N3OS/c1-15(2)24-19-8-5-7-18(12-19)22-20(25)21-9-6-10-23-13-16(3)11-17(4)14-23/h5,7-8,12,15-17H,6,9-11,13-14H2,1-4H3,(H2,21,22,25). The van der Waals surface area contributed by atoms with Crippen LogP contribution in [0.5, 0.6) is 5.75 Å². The van der Waals surface area contributed by atoms with Crippen molar-refractivity contribution in [2.45, 2.75) is 46.6 Å². The van der Waals surface area contributed by atoms with Crippen LogP contribution in [-0.4, -0.2) is 42.3 Å². The molecule has 0 saturated carbocycles. The number of ether oxygens (including phenoxy) is 1. The Morgan fingerprint density at radius 2 is 2.00 bits per heavy atom. The maximum atomic E-state index is 5.71. The Balaban J connectivity index is 1.67. The summed E-state index contributed by atoms with van der Waals surface area (Å²) in [6.07, 6.45) is 2.64. The lowest BCUT2D eigenvalue weighted by Gasteiger charge is -2.35. The predicted molar refractivity (Wildman–Crippen MR) is 110 cm³/mol. The van der Waals surface area contributed by atoms with Crippen LogP contribution in [0.2, 0.25) is 0 Å². The molecule has 1 aromatic carbocycles. The van der Waals surface area contributed by atoms with Gasteiger partial charge in [-0.05, 0) is 69.4 Å². The molecule has 2 unspecified atom stereocenters. The summed E-state index contributed by atoms with van der Waals surface area (Å²) < 4.78 is 5.71. The number of anilines is 1. The Labute approximate surface area is 158 Å². The average molecular weight is 364 g/mol. The van der Waals surface area contributed by atoms with Crippen molar-refractivity contribution in [3.63, 3.8) is 0 Å². The van der Waals surface area contributed by atoms with Crippen molar-refractivity contribution in [3.05, 3.63) is 24.3 Å². The molecule has 1 aliphatic rings. The van der Waals surface area contributed by atoms with E-state index in [-0.39, 0.29) is 6.10 Å². The lowest BCUT2D eigenvalue weighted by atomic mass is 9.92. The third kappa shape index (κ3) is 7.61. The molecule has 2 atom stereocenters. The van der Waals surface area contributed by atoms with E-state index in [1.165, 1.54) is 19.5 Å². The molecule has 0 radical (unpaired) electrons. The summed E-state index contributed by atoms with van der Waals surface area (Å²) in [5, 5.41) is 7.21. The van der Waals surface area contributed by atoms with Crippen LogP contribution >= 0.6 is 12.2 Å². The highest BCUT2D eigenvalue weighted by Crippen LogP contribution is 2.21. The van der Waals surface area contributed by atoms with Crippen LogP contribution in [0.4, 0.5) is 5.69 Å². The molecule has 1 aromatic rings. The minimum atomic E-state index is 0.167. The van der Waals surface area contributed by atoms with Gasteiger partial charge in [0, 0.05) is 31.4 Å². The Hall–Kier alpha value is -1.33. The van der Waals surface area contributed by atoms with E-state index < -0.39 is 0 Å². The maximum absolute atomic E-state index is 5.71. The molecular weight excluding hydrogens is 330 g/mol. The highest BCUT2D eigenvalue weighted by Gasteiger charge is 2.20. The lowest BCUT2D eigenvalue weighted by Crippen LogP contribution is -2.40. The fourth-order valence-corrected chi connectivity index (χ4v) is 3.79. The summed E-state index contributed by atoms with van der Waals surface area (Å²) in [6, 6.07) is 7.91. The minimum absolute atomic E-state index is 0.167. The second-order valence-corrected chi connectivity index (χ2v) is 8.04. The first-order chi connectivity index (χ1) is 11.9. The number of rotatable bonds is 7. The molecule has 2 N–H and O–H groups in total. The minimum Gasteiger partial charge on any atom is -0.491 e. The fraction of sp³-hybridized carbons (Fsp3) is 0.650. The summed E-state index contributed by atoms with van der Waals surface area (Å²) >= 11 is 5.40. The first-order valence-electron chi connectivity index (χ1n) is 9.46. The number of hydrogen-bond donors (Lipinski definition) is 2.